The Morgan fingerprint density at radius 2 is 2.11 bits per heavy atom. The maximum atomic E-state index is 11.9. The zero-order valence-corrected chi connectivity index (χ0v) is 12.1. The van der Waals surface area contributed by atoms with E-state index in [4.69, 9.17) is 5.73 Å². The van der Waals surface area contributed by atoms with Crippen LogP contribution in [0.5, 0.6) is 0 Å². The molecule has 1 aromatic carbocycles. The maximum Gasteiger partial charge on any atom is 0.225 e. The van der Waals surface area contributed by atoms with E-state index in [-0.39, 0.29) is 5.91 Å². The highest BCUT2D eigenvalue weighted by Crippen LogP contribution is 2.14. The van der Waals surface area contributed by atoms with Gasteiger partial charge in [-0.25, -0.2) is 0 Å². The number of rotatable bonds is 7. The molecule has 4 nitrogen and oxygen atoms in total. The second kappa shape index (κ2) is 7.92. The number of benzene rings is 1. The minimum absolute atomic E-state index is 0.0380. The van der Waals surface area contributed by atoms with Gasteiger partial charge in [0.25, 0.3) is 0 Å². The minimum Gasteiger partial charge on any atom is -0.326 e. The van der Waals surface area contributed by atoms with Crippen molar-refractivity contribution in [3.05, 3.63) is 29.8 Å². The molecule has 0 saturated heterocycles. The Morgan fingerprint density at radius 1 is 1.42 bits per heavy atom. The van der Waals surface area contributed by atoms with Crippen LogP contribution >= 0.6 is 0 Å². The van der Waals surface area contributed by atoms with Crippen LogP contribution < -0.4 is 11.1 Å². The molecule has 0 aliphatic heterocycles. The van der Waals surface area contributed by atoms with Crippen molar-refractivity contribution in [2.45, 2.75) is 39.3 Å². The van der Waals surface area contributed by atoms with E-state index < -0.39 is 0 Å². The van der Waals surface area contributed by atoms with Crippen LogP contribution in [-0.4, -0.2) is 30.4 Å². The lowest BCUT2D eigenvalue weighted by Crippen LogP contribution is -2.31. The lowest BCUT2D eigenvalue weighted by molar-refractivity contribution is -0.116. The van der Waals surface area contributed by atoms with Crippen LogP contribution in [0.3, 0.4) is 0 Å². The molecule has 1 unspecified atom stereocenters. The number of carbonyl (C=O) groups is 1. The van der Waals surface area contributed by atoms with Gasteiger partial charge < -0.3 is 16.0 Å². The Hall–Kier alpha value is -1.39. The van der Waals surface area contributed by atoms with Crippen molar-refractivity contribution in [1.29, 1.82) is 0 Å². The molecule has 1 atom stereocenters. The first-order valence-electron chi connectivity index (χ1n) is 6.86. The molecule has 0 saturated carbocycles. The summed E-state index contributed by atoms with van der Waals surface area (Å²) in [6.07, 6.45) is 1.59. The standard InChI is InChI=1S/C15H25N3O/c1-4-12(2)18(3)10-9-15(19)17-14-8-6-5-7-13(14)11-16/h5-8,12H,4,9-11,16H2,1-3H3,(H,17,19). The van der Waals surface area contributed by atoms with Gasteiger partial charge in [-0.15, -0.1) is 0 Å². The van der Waals surface area contributed by atoms with E-state index in [0.29, 0.717) is 19.0 Å². The third kappa shape index (κ3) is 5.01. The van der Waals surface area contributed by atoms with Gasteiger partial charge >= 0.3 is 0 Å². The monoisotopic (exact) mass is 263 g/mol. The molecule has 0 bridgehead atoms. The Labute approximate surface area is 116 Å². The average molecular weight is 263 g/mol. The van der Waals surface area contributed by atoms with E-state index >= 15 is 0 Å². The van der Waals surface area contributed by atoms with E-state index in [0.717, 1.165) is 24.2 Å². The largest absolute Gasteiger partial charge is 0.326 e. The summed E-state index contributed by atoms with van der Waals surface area (Å²) in [4.78, 5) is 14.1. The fraction of sp³-hybridized carbons (Fsp3) is 0.533. The molecule has 19 heavy (non-hydrogen) atoms. The van der Waals surface area contributed by atoms with Gasteiger partial charge in [0.1, 0.15) is 0 Å². The third-order valence-corrected chi connectivity index (χ3v) is 3.55. The molecule has 0 spiro atoms. The molecule has 0 aromatic heterocycles. The summed E-state index contributed by atoms with van der Waals surface area (Å²) >= 11 is 0. The van der Waals surface area contributed by atoms with Gasteiger partial charge in [-0.2, -0.15) is 0 Å². The first-order chi connectivity index (χ1) is 9.08. The number of carbonyl (C=O) groups excluding carboxylic acids is 1. The summed E-state index contributed by atoms with van der Waals surface area (Å²) in [5.74, 6) is 0.0380. The Balaban J connectivity index is 2.47. The first-order valence-corrected chi connectivity index (χ1v) is 6.86. The molecule has 1 rings (SSSR count). The highest BCUT2D eigenvalue weighted by Gasteiger charge is 2.10. The molecule has 0 radical (unpaired) electrons. The second-order valence-electron chi connectivity index (χ2n) is 4.90. The third-order valence-electron chi connectivity index (χ3n) is 3.55. The van der Waals surface area contributed by atoms with Gasteiger partial charge in [-0.3, -0.25) is 4.79 Å². The van der Waals surface area contributed by atoms with E-state index in [2.05, 4.69) is 31.1 Å². The Bertz CT molecular complexity index is 406. The van der Waals surface area contributed by atoms with Crippen LogP contribution in [0.25, 0.3) is 0 Å². The summed E-state index contributed by atoms with van der Waals surface area (Å²) in [5, 5.41) is 2.93. The molecule has 0 fully saturated rings. The topological polar surface area (TPSA) is 58.4 Å². The summed E-state index contributed by atoms with van der Waals surface area (Å²) in [5.41, 5.74) is 7.43. The molecular formula is C15H25N3O. The summed E-state index contributed by atoms with van der Waals surface area (Å²) in [6, 6.07) is 8.15. The van der Waals surface area contributed by atoms with Crippen molar-refractivity contribution in [1.82, 2.24) is 4.90 Å². The number of nitrogens with two attached hydrogens (primary N) is 1. The molecule has 0 heterocycles. The number of hydrogen-bond acceptors (Lipinski definition) is 3. The molecule has 4 heteroatoms. The van der Waals surface area contributed by atoms with Crippen LogP contribution in [0.15, 0.2) is 24.3 Å². The van der Waals surface area contributed by atoms with E-state index in [1.165, 1.54) is 0 Å². The van der Waals surface area contributed by atoms with Gasteiger partial charge in [-0.1, -0.05) is 25.1 Å². The molecule has 1 aromatic rings. The summed E-state index contributed by atoms with van der Waals surface area (Å²) in [7, 11) is 2.05. The van der Waals surface area contributed by atoms with Gasteiger partial charge in [0, 0.05) is 31.2 Å². The first kappa shape index (κ1) is 15.7. The number of para-hydroxylation sites is 1. The van der Waals surface area contributed by atoms with Crippen molar-refractivity contribution in [2.24, 2.45) is 5.73 Å². The minimum atomic E-state index is 0.0380. The van der Waals surface area contributed by atoms with Gasteiger partial charge in [0.05, 0.1) is 0 Å². The van der Waals surface area contributed by atoms with Gasteiger partial charge in [-0.05, 0) is 32.0 Å². The maximum absolute atomic E-state index is 11.9. The van der Waals surface area contributed by atoms with Crippen molar-refractivity contribution >= 4 is 11.6 Å². The lowest BCUT2D eigenvalue weighted by Gasteiger charge is -2.23. The summed E-state index contributed by atoms with van der Waals surface area (Å²) < 4.78 is 0. The Morgan fingerprint density at radius 3 is 2.74 bits per heavy atom. The van der Waals surface area contributed by atoms with Crippen LogP contribution in [0.2, 0.25) is 0 Å². The second-order valence-corrected chi connectivity index (χ2v) is 4.90. The van der Waals surface area contributed by atoms with E-state index in [9.17, 15) is 4.79 Å². The number of anilines is 1. The molecule has 0 aliphatic carbocycles. The van der Waals surface area contributed by atoms with Crippen LogP contribution in [0.4, 0.5) is 5.69 Å². The van der Waals surface area contributed by atoms with Crippen LogP contribution in [0.1, 0.15) is 32.3 Å². The fourth-order valence-electron chi connectivity index (χ4n) is 1.84. The van der Waals surface area contributed by atoms with Crippen molar-refractivity contribution in [3.63, 3.8) is 0 Å². The quantitative estimate of drug-likeness (QED) is 0.793. The fourth-order valence-corrected chi connectivity index (χ4v) is 1.84. The zero-order valence-electron chi connectivity index (χ0n) is 12.1. The molecule has 1 amide bonds. The smallest absolute Gasteiger partial charge is 0.225 e. The van der Waals surface area contributed by atoms with Gasteiger partial charge in [0.15, 0.2) is 0 Å². The number of nitrogens with zero attached hydrogens (tertiary/aromatic N) is 1. The highest BCUT2D eigenvalue weighted by molar-refractivity contribution is 5.91. The summed E-state index contributed by atoms with van der Waals surface area (Å²) in [6.45, 7) is 5.52. The van der Waals surface area contributed by atoms with Crippen LogP contribution in [-0.2, 0) is 11.3 Å². The molecule has 0 aliphatic rings. The van der Waals surface area contributed by atoms with Crippen molar-refractivity contribution in [2.75, 3.05) is 18.9 Å². The molecule has 106 valence electrons. The van der Waals surface area contributed by atoms with Crippen LogP contribution in [0, 0.1) is 0 Å². The molecular weight excluding hydrogens is 238 g/mol. The average Bonchev–Trinajstić information content (AvgIpc) is 2.44. The lowest BCUT2D eigenvalue weighted by atomic mass is 10.1. The number of amides is 1. The zero-order chi connectivity index (χ0) is 14.3. The van der Waals surface area contributed by atoms with Crippen molar-refractivity contribution in [3.8, 4) is 0 Å². The highest BCUT2D eigenvalue weighted by atomic mass is 16.1. The molecule has 3 N–H and O–H groups in total. The van der Waals surface area contributed by atoms with E-state index in [1.807, 2.05) is 24.3 Å². The van der Waals surface area contributed by atoms with Crippen molar-refractivity contribution < 1.29 is 4.79 Å². The SMILES string of the molecule is CCC(C)N(C)CCC(=O)Nc1ccccc1CN. The predicted octanol–water partition coefficient (Wildman–Crippen LogP) is 2.20. The van der Waals surface area contributed by atoms with E-state index in [1.54, 1.807) is 0 Å². The number of nitrogens with one attached hydrogen (secondary N) is 1. The predicted molar refractivity (Wildman–Crippen MR) is 80.0 cm³/mol. The Kier molecular flexibility index (Phi) is 6.53. The van der Waals surface area contributed by atoms with Gasteiger partial charge in [0.2, 0.25) is 5.91 Å². The normalized spacial score (nSPS) is 12.5. The number of hydrogen-bond donors (Lipinski definition) is 2.